The quantitative estimate of drug-likeness (QED) is 0.0215. The Morgan fingerprint density at radius 2 is 0.772 bits per heavy atom. The molecule has 0 saturated carbocycles. The van der Waals surface area contributed by atoms with Gasteiger partial charge in [-0.25, -0.2) is 0 Å². The fourth-order valence-corrected chi connectivity index (χ4v) is 11.2. The number of nitrogens with one attached hydrogen (secondary N) is 1. The van der Waals surface area contributed by atoms with Gasteiger partial charge < -0.3 is 50.5 Å². The van der Waals surface area contributed by atoms with Crippen LogP contribution in [0.4, 0.5) is 0 Å². The van der Waals surface area contributed by atoms with E-state index in [9.17, 15) is 40.5 Å². The molecule has 0 aromatic rings. The molecule has 11 nitrogen and oxygen atoms in total. The van der Waals surface area contributed by atoms with Crippen molar-refractivity contribution >= 4 is 5.91 Å². The number of carbonyl (C=O) groups is 1. The Morgan fingerprint density at radius 1 is 0.443 bits per heavy atom. The lowest BCUT2D eigenvalue weighted by Gasteiger charge is -2.40. The van der Waals surface area contributed by atoms with E-state index in [1.54, 1.807) is 0 Å². The summed E-state index contributed by atoms with van der Waals surface area (Å²) in [5, 5.41) is 76.5. The first-order valence-corrected chi connectivity index (χ1v) is 34.2. The lowest BCUT2D eigenvalue weighted by molar-refractivity contribution is -0.303. The van der Waals surface area contributed by atoms with Gasteiger partial charge in [0.25, 0.3) is 0 Å². The maximum atomic E-state index is 13.2. The average molecular weight is 1120 g/mol. The van der Waals surface area contributed by atoms with E-state index in [0.29, 0.717) is 19.3 Å². The molecular formula is C68H131NO10. The maximum absolute atomic E-state index is 13.2. The van der Waals surface area contributed by atoms with Gasteiger partial charge in [-0.1, -0.05) is 314 Å². The van der Waals surface area contributed by atoms with Crippen LogP contribution in [0.1, 0.15) is 335 Å². The Balaban J connectivity index is 2.19. The van der Waals surface area contributed by atoms with Crippen molar-refractivity contribution < 1.29 is 50.0 Å². The molecule has 79 heavy (non-hydrogen) atoms. The van der Waals surface area contributed by atoms with Gasteiger partial charge in [0.05, 0.1) is 25.4 Å². The van der Waals surface area contributed by atoms with E-state index in [1.807, 2.05) is 0 Å². The van der Waals surface area contributed by atoms with Gasteiger partial charge in [0.1, 0.15) is 36.6 Å². The summed E-state index contributed by atoms with van der Waals surface area (Å²) in [5.41, 5.74) is 0. The normalized spacial score (nSPS) is 19.4. The summed E-state index contributed by atoms with van der Waals surface area (Å²) in [4.78, 5) is 13.2. The molecule has 1 aliphatic rings. The van der Waals surface area contributed by atoms with Gasteiger partial charge in [-0.2, -0.15) is 0 Å². The minimum Gasteiger partial charge on any atom is -0.394 e. The van der Waals surface area contributed by atoms with Crippen molar-refractivity contribution in [2.75, 3.05) is 13.2 Å². The first kappa shape index (κ1) is 75.6. The Kier molecular flexibility index (Phi) is 54.6. The van der Waals surface area contributed by atoms with Crippen molar-refractivity contribution in [1.82, 2.24) is 5.32 Å². The summed E-state index contributed by atoms with van der Waals surface area (Å²) in [6, 6.07) is -1.17. The van der Waals surface area contributed by atoms with Crippen LogP contribution in [0, 0.1) is 0 Å². The predicted molar refractivity (Wildman–Crippen MR) is 330 cm³/mol. The van der Waals surface area contributed by atoms with Crippen LogP contribution in [-0.2, 0) is 14.3 Å². The van der Waals surface area contributed by atoms with Crippen LogP contribution in [0.15, 0.2) is 24.3 Å². The fourth-order valence-electron chi connectivity index (χ4n) is 11.2. The number of aliphatic hydroxyl groups is 7. The molecule has 468 valence electrons. The van der Waals surface area contributed by atoms with Gasteiger partial charge in [-0.3, -0.25) is 4.79 Å². The Labute approximate surface area is 486 Å². The number of aliphatic hydroxyl groups excluding tert-OH is 7. The van der Waals surface area contributed by atoms with Crippen molar-refractivity contribution in [3.8, 4) is 0 Å². The third-order valence-corrected chi connectivity index (χ3v) is 16.8. The van der Waals surface area contributed by atoms with Gasteiger partial charge in [0.2, 0.25) is 5.91 Å². The van der Waals surface area contributed by atoms with Gasteiger partial charge >= 0.3 is 0 Å². The van der Waals surface area contributed by atoms with Crippen LogP contribution in [0.5, 0.6) is 0 Å². The summed E-state index contributed by atoms with van der Waals surface area (Å²) < 4.78 is 11.2. The second kappa shape index (κ2) is 57.0. The minimum absolute atomic E-state index is 0.263. The molecule has 0 aromatic heterocycles. The number of rotatable bonds is 60. The molecule has 8 N–H and O–H groups in total. The van der Waals surface area contributed by atoms with Crippen LogP contribution in [0.3, 0.4) is 0 Å². The zero-order chi connectivity index (χ0) is 57.5. The fraction of sp³-hybridized carbons (Fsp3) is 0.926. The molecule has 1 heterocycles. The topological polar surface area (TPSA) is 189 Å². The second-order valence-electron chi connectivity index (χ2n) is 24.3. The highest BCUT2D eigenvalue weighted by Crippen LogP contribution is 2.24. The molecule has 9 unspecified atom stereocenters. The summed E-state index contributed by atoms with van der Waals surface area (Å²) >= 11 is 0. The number of ether oxygens (including phenoxy) is 2. The molecule has 1 saturated heterocycles. The number of hydrogen-bond donors (Lipinski definition) is 8. The number of unbranched alkanes of at least 4 members (excludes halogenated alkanes) is 44. The summed E-state index contributed by atoms with van der Waals surface area (Å²) in [6.07, 6.45) is 59.6. The lowest BCUT2D eigenvalue weighted by Crippen LogP contribution is -2.60. The Hall–Kier alpha value is -1.41. The van der Waals surface area contributed by atoms with Crippen LogP contribution in [0.25, 0.3) is 0 Å². The van der Waals surface area contributed by atoms with E-state index in [2.05, 4.69) is 43.5 Å². The van der Waals surface area contributed by atoms with E-state index in [0.717, 1.165) is 44.9 Å². The second-order valence-corrected chi connectivity index (χ2v) is 24.3. The molecule has 0 bridgehead atoms. The van der Waals surface area contributed by atoms with Crippen molar-refractivity contribution in [3.63, 3.8) is 0 Å². The van der Waals surface area contributed by atoms with E-state index < -0.39 is 74.2 Å². The Morgan fingerprint density at radius 3 is 1.13 bits per heavy atom. The highest BCUT2D eigenvalue weighted by Gasteiger charge is 2.44. The zero-order valence-corrected chi connectivity index (χ0v) is 51.6. The summed E-state index contributed by atoms with van der Waals surface area (Å²) in [5.74, 6) is -0.691. The third kappa shape index (κ3) is 44.7. The molecule has 1 fully saturated rings. The third-order valence-electron chi connectivity index (χ3n) is 16.8. The van der Waals surface area contributed by atoms with Crippen LogP contribution in [-0.4, -0.2) is 110 Å². The molecule has 1 aliphatic heterocycles. The van der Waals surface area contributed by atoms with E-state index >= 15 is 0 Å². The molecule has 0 aromatic carbocycles. The van der Waals surface area contributed by atoms with Gasteiger partial charge in [0, 0.05) is 0 Å². The van der Waals surface area contributed by atoms with Crippen LogP contribution >= 0.6 is 0 Å². The first-order valence-electron chi connectivity index (χ1n) is 34.2. The number of amides is 1. The highest BCUT2D eigenvalue weighted by molar-refractivity contribution is 5.80. The number of allylic oxidation sites excluding steroid dienone is 4. The van der Waals surface area contributed by atoms with Gasteiger partial charge in [-0.05, 0) is 44.9 Å². The number of carbonyl (C=O) groups excluding carboxylic acids is 1. The van der Waals surface area contributed by atoms with Crippen molar-refractivity contribution in [2.24, 2.45) is 0 Å². The average Bonchev–Trinajstić information content (AvgIpc) is 3.46. The van der Waals surface area contributed by atoms with Gasteiger partial charge in [0.15, 0.2) is 6.29 Å². The molecule has 11 heteroatoms. The van der Waals surface area contributed by atoms with Crippen molar-refractivity contribution in [2.45, 2.75) is 390 Å². The van der Waals surface area contributed by atoms with Crippen LogP contribution < -0.4 is 5.32 Å². The lowest BCUT2D eigenvalue weighted by atomic mass is 9.98. The first-order chi connectivity index (χ1) is 38.7. The predicted octanol–water partition coefficient (Wildman–Crippen LogP) is 16.0. The van der Waals surface area contributed by atoms with Gasteiger partial charge in [-0.15, -0.1) is 0 Å². The molecule has 0 aliphatic carbocycles. The Bertz CT molecular complexity index is 1330. The molecule has 0 spiro atoms. The molecule has 0 radical (unpaired) electrons. The summed E-state index contributed by atoms with van der Waals surface area (Å²) in [7, 11) is 0. The van der Waals surface area contributed by atoms with E-state index in [1.165, 1.54) is 250 Å². The molecule has 1 amide bonds. The number of hydrogen-bond acceptors (Lipinski definition) is 10. The van der Waals surface area contributed by atoms with E-state index in [4.69, 9.17) is 9.47 Å². The molecule has 9 atom stereocenters. The standard InChI is InChI=1S/C68H131NO10/c1-3-5-7-9-11-13-15-17-19-21-23-25-26-27-28-29-30-31-32-33-34-35-36-38-40-42-44-46-48-50-52-54-56-61(72)67(77)69-59(58-78-68-66(76)65(75)64(74)62(57-70)79-68)63(73)60(71)55-53-51-49-47-45-43-41-39-37-24-22-20-18-16-14-12-10-8-6-4-2/h23,25,27-28,59-66,68,70-76H,3-22,24,26,29-58H2,1-2H3,(H,69,77)/b25-23-,28-27-. The minimum atomic E-state index is -1.66. The summed E-state index contributed by atoms with van der Waals surface area (Å²) in [6.45, 7) is 3.51. The van der Waals surface area contributed by atoms with Crippen LogP contribution in [0.2, 0.25) is 0 Å². The van der Waals surface area contributed by atoms with Crippen molar-refractivity contribution in [3.05, 3.63) is 24.3 Å². The smallest absolute Gasteiger partial charge is 0.249 e. The maximum Gasteiger partial charge on any atom is 0.249 e. The molecular weight excluding hydrogens is 991 g/mol. The van der Waals surface area contributed by atoms with Crippen molar-refractivity contribution in [1.29, 1.82) is 0 Å². The zero-order valence-electron chi connectivity index (χ0n) is 51.6. The largest absolute Gasteiger partial charge is 0.394 e. The SMILES string of the molecule is CCCCCCCCCCC/C=C\C/C=C\CCCCCCCCCCCCCCCCCCC(O)C(=O)NC(COC1OC(CO)C(O)C(O)C1O)C(O)C(O)CCCCCCCCCCCCCCCCCCCCCC. The highest BCUT2D eigenvalue weighted by atomic mass is 16.7. The van der Waals surface area contributed by atoms with E-state index in [-0.39, 0.29) is 6.42 Å². The molecule has 1 rings (SSSR count). The monoisotopic (exact) mass is 1120 g/mol.